The third-order valence-corrected chi connectivity index (χ3v) is 10.1. The third-order valence-electron chi connectivity index (χ3n) is 8.38. The van der Waals surface area contributed by atoms with Gasteiger partial charge in [0, 0.05) is 41.8 Å². The Labute approximate surface area is 269 Å². The van der Waals surface area contributed by atoms with Gasteiger partial charge in [-0.15, -0.1) is 22.7 Å². The molecule has 0 spiro atoms. The van der Waals surface area contributed by atoms with E-state index in [1.165, 1.54) is 29.7 Å². The number of piperidine rings is 1. The Balaban J connectivity index is 1.23. The number of fused-ring (bicyclic) bond motifs is 1. The fourth-order valence-corrected chi connectivity index (χ4v) is 7.35. The number of nitrogens with one attached hydrogen (secondary N) is 1. The van der Waals surface area contributed by atoms with E-state index < -0.39 is 0 Å². The smallest absolute Gasteiger partial charge is 0.268 e. The molecule has 1 atom stereocenters. The summed E-state index contributed by atoms with van der Waals surface area (Å²) in [6, 6.07) is 10.3. The van der Waals surface area contributed by atoms with Crippen molar-refractivity contribution in [2.75, 3.05) is 56.7 Å². The highest BCUT2D eigenvalue weighted by Crippen LogP contribution is 2.29. The predicted molar refractivity (Wildman–Crippen MR) is 180 cm³/mol. The zero-order valence-electron chi connectivity index (χ0n) is 25.3. The summed E-state index contributed by atoms with van der Waals surface area (Å²) in [6.07, 6.45) is 4.18. The van der Waals surface area contributed by atoms with Crippen LogP contribution < -0.4 is 15.8 Å². The number of aryl methyl sites for hydroxylation is 1. The second-order valence-corrected chi connectivity index (χ2v) is 13.4. The number of likely N-dealkylation sites (tertiary alicyclic amines) is 1. The second-order valence-electron chi connectivity index (χ2n) is 11.5. The summed E-state index contributed by atoms with van der Waals surface area (Å²) >= 11 is 3.11. The average Bonchev–Trinajstić information content (AvgIpc) is 3.71. The van der Waals surface area contributed by atoms with E-state index in [4.69, 9.17) is 9.72 Å². The second kappa shape index (κ2) is 13.1. The highest BCUT2D eigenvalue weighted by atomic mass is 32.1. The van der Waals surface area contributed by atoms with Gasteiger partial charge in [0.1, 0.15) is 16.3 Å². The lowest BCUT2D eigenvalue weighted by Crippen LogP contribution is -2.36. The summed E-state index contributed by atoms with van der Waals surface area (Å²) in [5.41, 5.74) is 8.00. The van der Waals surface area contributed by atoms with Crippen LogP contribution in [-0.4, -0.2) is 75.8 Å². The maximum atomic E-state index is 14.0. The van der Waals surface area contributed by atoms with E-state index in [1.54, 1.807) is 33.7 Å². The van der Waals surface area contributed by atoms with Gasteiger partial charge in [0.05, 0.1) is 42.0 Å². The Morgan fingerprint density at radius 2 is 1.87 bits per heavy atom. The van der Waals surface area contributed by atoms with Crippen LogP contribution in [0.1, 0.15) is 46.2 Å². The van der Waals surface area contributed by atoms with Crippen molar-refractivity contribution in [2.45, 2.75) is 32.2 Å². The first-order valence-electron chi connectivity index (χ1n) is 15.1. The van der Waals surface area contributed by atoms with Crippen LogP contribution >= 0.6 is 22.7 Å². The molecule has 1 N–H and O–H groups in total. The van der Waals surface area contributed by atoms with Crippen molar-refractivity contribution in [3.8, 4) is 11.8 Å². The number of ether oxygens (including phenoxy) is 1. The molecule has 5 aromatic rings. The van der Waals surface area contributed by atoms with Crippen LogP contribution in [0.2, 0.25) is 0 Å². The number of hydrogen-bond donors (Lipinski definition) is 1. The molecule has 12 heteroatoms. The molecule has 1 unspecified atom stereocenters. The molecule has 45 heavy (non-hydrogen) atoms. The van der Waals surface area contributed by atoms with Crippen molar-refractivity contribution in [3.63, 3.8) is 0 Å². The van der Waals surface area contributed by atoms with Crippen LogP contribution in [0.4, 0.5) is 16.6 Å². The molecule has 0 bridgehead atoms. The number of aromatic nitrogens is 5. The molecule has 10 nitrogen and oxygen atoms in total. The fourth-order valence-electron chi connectivity index (χ4n) is 5.96. The van der Waals surface area contributed by atoms with E-state index in [1.807, 2.05) is 12.4 Å². The Hall–Kier alpha value is -4.15. The van der Waals surface area contributed by atoms with Gasteiger partial charge in [-0.3, -0.25) is 9.36 Å². The van der Waals surface area contributed by atoms with Crippen molar-refractivity contribution in [1.29, 1.82) is 0 Å². The van der Waals surface area contributed by atoms with Crippen LogP contribution in [0.3, 0.4) is 0 Å². The number of anilines is 3. The van der Waals surface area contributed by atoms with Crippen molar-refractivity contribution >= 4 is 50.3 Å². The molecule has 1 aromatic carbocycles. The van der Waals surface area contributed by atoms with Crippen molar-refractivity contribution in [2.24, 2.45) is 0 Å². The highest BCUT2D eigenvalue weighted by molar-refractivity contribution is 7.14. The van der Waals surface area contributed by atoms with Gasteiger partial charge < -0.3 is 19.9 Å². The summed E-state index contributed by atoms with van der Waals surface area (Å²) in [4.78, 5) is 38.2. The van der Waals surface area contributed by atoms with E-state index >= 15 is 0 Å². The first-order valence-corrected chi connectivity index (χ1v) is 16.9. The van der Waals surface area contributed by atoms with Crippen LogP contribution in [0, 0.1) is 18.8 Å². The van der Waals surface area contributed by atoms with Gasteiger partial charge in [-0.05, 0) is 69.0 Å². The van der Waals surface area contributed by atoms with Gasteiger partial charge in [-0.25, -0.2) is 15.0 Å². The highest BCUT2D eigenvalue weighted by Gasteiger charge is 2.21. The number of thiazole rings is 2. The number of benzene rings is 1. The van der Waals surface area contributed by atoms with Gasteiger partial charge in [0.15, 0.2) is 0 Å². The maximum absolute atomic E-state index is 14.0. The zero-order valence-corrected chi connectivity index (χ0v) is 27.0. The molecule has 7 rings (SSSR count). The SMILES string of the molecule is Cc1scnc1C#Cc1cc2cnc(Nc3ccc(C4CCCN(C)C4)cc3)nc2n(Cc2ncsc2N2CCOCC2)c1=O. The first-order chi connectivity index (χ1) is 22.0. The van der Waals surface area contributed by atoms with Gasteiger partial charge in [0.2, 0.25) is 5.95 Å². The molecule has 0 saturated carbocycles. The van der Waals surface area contributed by atoms with Crippen LogP contribution in [0.15, 0.2) is 52.3 Å². The molecule has 0 amide bonds. The molecule has 0 radical (unpaired) electrons. The largest absolute Gasteiger partial charge is 0.378 e. The Bertz CT molecular complexity index is 1930. The molecule has 2 fully saturated rings. The summed E-state index contributed by atoms with van der Waals surface area (Å²) in [7, 11) is 2.19. The number of nitrogens with zero attached hydrogens (tertiary/aromatic N) is 7. The molecular formula is C33H34N8O2S2. The summed E-state index contributed by atoms with van der Waals surface area (Å²) in [5, 5.41) is 5.12. The standard InChI is InChI=1S/C33H34N8O2S2/c1-22-28(35-20-44-22)10-7-24-16-26-17-34-33(37-27-8-5-23(6-9-27)25-4-3-11-39(2)18-25)38-30(26)41(31(24)42)19-29-32(45-21-36-29)40-12-14-43-15-13-40/h5-6,8-9,16-17,20-21,25H,3-4,11-15,18-19H2,1-2H3,(H,34,37,38). The van der Waals surface area contributed by atoms with Crippen LogP contribution in [-0.2, 0) is 11.3 Å². The van der Waals surface area contributed by atoms with Crippen molar-refractivity contribution in [3.05, 3.63) is 85.3 Å². The van der Waals surface area contributed by atoms with Gasteiger partial charge in [-0.1, -0.05) is 18.1 Å². The average molecular weight is 639 g/mol. The number of likely N-dealkylation sites (N-methyl/N-ethyl adjacent to an activating group) is 1. The monoisotopic (exact) mass is 638 g/mol. The third kappa shape index (κ3) is 6.48. The van der Waals surface area contributed by atoms with Crippen LogP contribution in [0.25, 0.3) is 11.0 Å². The summed E-state index contributed by atoms with van der Waals surface area (Å²) in [5.74, 6) is 7.13. The van der Waals surface area contributed by atoms with E-state index in [0.717, 1.165) is 52.8 Å². The Morgan fingerprint density at radius 1 is 1.04 bits per heavy atom. The number of pyridine rings is 1. The molecule has 230 valence electrons. The van der Waals surface area contributed by atoms with Crippen LogP contribution in [0.5, 0.6) is 0 Å². The van der Waals surface area contributed by atoms with Gasteiger partial charge in [0.25, 0.3) is 5.56 Å². The topological polar surface area (TPSA) is 101 Å². The minimum atomic E-state index is -0.227. The van der Waals surface area contributed by atoms with E-state index in [0.29, 0.717) is 42.0 Å². The lowest BCUT2D eigenvalue weighted by atomic mass is 9.91. The molecule has 2 aliphatic heterocycles. The molecule has 2 saturated heterocycles. The number of rotatable bonds is 6. The van der Waals surface area contributed by atoms with Gasteiger partial charge >= 0.3 is 0 Å². The molecule has 4 aromatic heterocycles. The quantitative estimate of drug-likeness (QED) is 0.262. The minimum absolute atomic E-state index is 0.227. The normalized spacial score (nSPS) is 17.3. The number of morpholine rings is 1. The van der Waals surface area contributed by atoms with E-state index in [-0.39, 0.29) is 12.1 Å². The van der Waals surface area contributed by atoms with E-state index in [9.17, 15) is 4.79 Å². The van der Waals surface area contributed by atoms with Gasteiger partial charge in [-0.2, -0.15) is 4.98 Å². The van der Waals surface area contributed by atoms with Crippen molar-refractivity contribution in [1.82, 2.24) is 29.4 Å². The summed E-state index contributed by atoms with van der Waals surface area (Å²) in [6.45, 7) is 7.39. The molecule has 0 aliphatic carbocycles. The zero-order chi connectivity index (χ0) is 30.8. The maximum Gasteiger partial charge on any atom is 0.268 e. The van der Waals surface area contributed by atoms with Crippen molar-refractivity contribution < 1.29 is 4.74 Å². The minimum Gasteiger partial charge on any atom is -0.378 e. The summed E-state index contributed by atoms with van der Waals surface area (Å²) < 4.78 is 7.23. The number of hydrogen-bond acceptors (Lipinski definition) is 11. The fraction of sp³-hybridized carbons (Fsp3) is 0.364. The van der Waals surface area contributed by atoms with E-state index in [2.05, 4.69) is 73.2 Å². The Kier molecular flexibility index (Phi) is 8.58. The molecule has 6 heterocycles. The first kappa shape index (κ1) is 29.6. The lowest BCUT2D eigenvalue weighted by Gasteiger charge is -2.30. The predicted octanol–water partition coefficient (Wildman–Crippen LogP) is 4.85. The Morgan fingerprint density at radius 3 is 2.64 bits per heavy atom. The molecule has 2 aliphatic rings. The lowest BCUT2D eigenvalue weighted by molar-refractivity contribution is 0.123. The molecular weight excluding hydrogens is 605 g/mol.